The number of nitrogens with zero attached hydrogens (tertiary/aromatic N) is 2. The van der Waals surface area contributed by atoms with Crippen LogP contribution in [0.25, 0.3) is 0 Å². The Morgan fingerprint density at radius 1 is 0.844 bits per heavy atom. The molecule has 1 saturated heterocycles. The number of aryl methyl sites for hydroxylation is 3. The van der Waals surface area contributed by atoms with Crippen molar-refractivity contribution in [3.63, 3.8) is 0 Å². The summed E-state index contributed by atoms with van der Waals surface area (Å²) < 4.78 is 0. The average molecular weight is 427 g/mol. The summed E-state index contributed by atoms with van der Waals surface area (Å²) in [6, 6.07) is 28.2. The van der Waals surface area contributed by atoms with E-state index in [4.69, 9.17) is 0 Å². The lowest BCUT2D eigenvalue weighted by Crippen LogP contribution is -2.50. The first-order chi connectivity index (χ1) is 15.6. The Bertz CT molecular complexity index is 1010. The van der Waals surface area contributed by atoms with Crippen molar-refractivity contribution in [3.05, 3.63) is 107 Å². The van der Waals surface area contributed by atoms with Gasteiger partial charge >= 0.3 is 0 Å². The normalized spacial score (nSPS) is 15.5. The number of benzene rings is 3. The molecule has 0 bridgehead atoms. The summed E-state index contributed by atoms with van der Waals surface area (Å²) in [4.78, 5) is 17.4. The van der Waals surface area contributed by atoms with Gasteiger partial charge in [-0.05, 0) is 48.9 Å². The van der Waals surface area contributed by atoms with Crippen LogP contribution in [0.2, 0.25) is 0 Å². The van der Waals surface area contributed by atoms with Crippen LogP contribution in [0.3, 0.4) is 0 Å². The molecule has 0 spiro atoms. The lowest BCUT2D eigenvalue weighted by Gasteiger charge is -2.40. The highest BCUT2D eigenvalue weighted by Gasteiger charge is 2.28. The minimum Gasteiger partial charge on any atom is -0.340 e. The molecule has 3 aromatic carbocycles. The van der Waals surface area contributed by atoms with Gasteiger partial charge in [0.25, 0.3) is 0 Å². The first kappa shape index (κ1) is 22.3. The Morgan fingerprint density at radius 2 is 1.50 bits per heavy atom. The maximum absolute atomic E-state index is 12.8. The Balaban J connectivity index is 1.40. The molecule has 0 N–H and O–H groups in total. The highest BCUT2D eigenvalue weighted by molar-refractivity contribution is 5.76. The predicted molar refractivity (Wildman–Crippen MR) is 132 cm³/mol. The van der Waals surface area contributed by atoms with E-state index in [0.29, 0.717) is 12.3 Å². The van der Waals surface area contributed by atoms with Crippen LogP contribution in [0.1, 0.15) is 46.7 Å². The van der Waals surface area contributed by atoms with Gasteiger partial charge in [-0.2, -0.15) is 0 Å². The summed E-state index contributed by atoms with van der Waals surface area (Å²) in [5.41, 5.74) is 6.62. The van der Waals surface area contributed by atoms with E-state index in [-0.39, 0.29) is 6.04 Å². The molecule has 3 nitrogen and oxygen atoms in total. The van der Waals surface area contributed by atoms with E-state index in [2.05, 4.69) is 96.4 Å². The van der Waals surface area contributed by atoms with E-state index < -0.39 is 0 Å². The van der Waals surface area contributed by atoms with Gasteiger partial charge in [-0.15, -0.1) is 0 Å². The second-order valence-electron chi connectivity index (χ2n) is 8.93. The summed E-state index contributed by atoms with van der Waals surface area (Å²) in [5.74, 6) is 0.295. The molecule has 0 aromatic heterocycles. The van der Waals surface area contributed by atoms with Crippen molar-refractivity contribution in [1.82, 2.24) is 9.80 Å². The molecule has 1 fully saturated rings. The van der Waals surface area contributed by atoms with Crippen LogP contribution in [0, 0.1) is 13.8 Å². The Morgan fingerprint density at radius 3 is 2.19 bits per heavy atom. The van der Waals surface area contributed by atoms with Crippen molar-refractivity contribution in [3.8, 4) is 0 Å². The molecule has 1 heterocycles. The van der Waals surface area contributed by atoms with Crippen LogP contribution in [-0.2, 0) is 11.2 Å². The third-order valence-corrected chi connectivity index (χ3v) is 6.58. The van der Waals surface area contributed by atoms with Crippen LogP contribution >= 0.6 is 0 Å². The molecule has 1 unspecified atom stereocenters. The van der Waals surface area contributed by atoms with Gasteiger partial charge in [0.05, 0.1) is 6.04 Å². The topological polar surface area (TPSA) is 23.6 Å². The molecular formula is C29H34N2O. The van der Waals surface area contributed by atoms with E-state index in [1.165, 1.54) is 27.8 Å². The number of piperazine rings is 1. The molecule has 1 aliphatic heterocycles. The minimum absolute atomic E-state index is 0.228. The summed E-state index contributed by atoms with van der Waals surface area (Å²) in [7, 11) is 0. The standard InChI is InChI=1S/C29H34N2O/c1-23-16-17-24(2)27(22-23)29(26-13-7-4-8-14-26)31-20-18-30(19-21-31)28(32)15-9-12-25-10-5-3-6-11-25/h3-8,10-11,13-14,16-17,22,29H,9,12,15,18-21H2,1-2H3. The number of hydrogen-bond acceptors (Lipinski definition) is 2. The first-order valence-corrected chi connectivity index (χ1v) is 11.8. The van der Waals surface area contributed by atoms with Gasteiger partial charge in [-0.25, -0.2) is 0 Å². The number of amides is 1. The van der Waals surface area contributed by atoms with Gasteiger partial charge in [-0.3, -0.25) is 9.69 Å². The van der Waals surface area contributed by atoms with E-state index in [1.54, 1.807) is 0 Å². The van der Waals surface area contributed by atoms with Gasteiger partial charge in [-0.1, -0.05) is 84.4 Å². The molecule has 3 heteroatoms. The van der Waals surface area contributed by atoms with E-state index in [0.717, 1.165) is 39.0 Å². The molecular weight excluding hydrogens is 392 g/mol. The Labute approximate surface area is 192 Å². The summed E-state index contributed by atoms with van der Waals surface area (Å²) in [6.07, 6.45) is 2.52. The Hall–Kier alpha value is -2.91. The van der Waals surface area contributed by atoms with Crippen LogP contribution in [0.4, 0.5) is 0 Å². The van der Waals surface area contributed by atoms with Gasteiger partial charge in [0.2, 0.25) is 5.91 Å². The SMILES string of the molecule is Cc1ccc(C)c(C(c2ccccc2)N2CCN(C(=O)CCCc3ccccc3)CC2)c1. The lowest BCUT2D eigenvalue weighted by molar-refractivity contribution is -0.133. The zero-order chi connectivity index (χ0) is 22.3. The fourth-order valence-corrected chi connectivity index (χ4v) is 4.75. The molecule has 1 aliphatic rings. The van der Waals surface area contributed by atoms with Gasteiger partial charge in [0, 0.05) is 32.6 Å². The maximum Gasteiger partial charge on any atom is 0.222 e. The molecule has 1 amide bonds. The quantitative estimate of drug-likeness (QED) is 0.494. The molecule has 0 saturated carbocycles. The third-order valence-electron chi connectivity index (χ3n) is 6.58. The largest absolute Gasteiger partial charge is 0.340 e. The third kappa shape index (κ3) is 5.46. The molecule has 32 heavy (non-hydrogen) atoms. The number of carbonyl (C=O) groups is 1. The van der Waals surface area contributed by atoms with Crippen LogP contribution in [0.15, 0.2) is 78.9 Å². The van der Waals surface area contributed by atoms with E-state index in [9.17, 15) is 4.79 Å². The molecule has 0 aliphatic carbocycles. The van der Waals surface area contributed by atoms with Gasteiger partial charge in [0.1, 0.15) is 0 Å². The summed E-state index contributed by atoms with van der Waals surface area (Å²) in [6.45, 7) is 7.78. The van der Waals surface area contributed by atoms with Crippen molar-refractivity contribution in [2.75, 3.05) is 26.2 Å². The molecule has 3 aromatic rings. The highest BCUT2D eigenvalue weighted by atomic mass is 16.2. The van der Waals surface area contributed by atoms with Crippen LogP contribution in [0.5, 0.6) is 0 Å². The summed E-state index contributed by atoms with van der Waals surface area (Å²) >= 11 is 0. The summed E-state index contributed by atoms with van der Waals surface area (Å²) in [5, 5.41) is 0. The number of hydrogen-bond donors (Lipinski definition) is 0. The van der Waals surface area contributed by atoms with E-state index in [1.807, 2.05) is 6.07 Å². The average Bonchev–Trinajstić information content (AvgIpc) is 2.83. The predicted octanol–water partition coefficient (Wildman–Crippen LogP) is 5.56. The van der Waals surface area contributed by atoms with Gasteiger partial charge < -0.3 is 4.90 Å². The van der Waals surface area contributed by atoms with Crippen molar-refractivity contribution in [1.29, 1.82) is 0 Å². The lowest BCUT2D eigenvalue weighted by atomic mass is 9.92. The highest BCUT2D eigenvalue weighted by Crippen LogP contribution is 2.32. The first-order valence-electron chi connectivity index (χ1n) is 11.8. The number of rotatable bonds is 7. The van der Waals surface area contributed by atoms with Crippen molar-refractivity contribution in [2.45, 2.75) is 39.2 Å². The molecule has 1 atom stereocenters. The van der Waals surface area contributed by atoms with E-state index >= 15 is 0 Å². The van der Waals surface area contributed by atoms with Gasteiger partial charge in [0.15, 0.2) is 0 Å². The van der Waals surface area contributed by atoms with Crippen molar-refractivity contribution in [2.24, 2.45) is 0 Å². The fourth-order valence-electron chi connectivity index (χ4n) is 4.75. The Kier molecular flexibility index (Phi) is 7.39. The van der Waals surface area contributed by atoms with Crippen molar-refractivity contribution >= 4 is 5.91 Å². The van der Waals surface area contributed by atoms with Crippen LogP contribution in [-0.4, -0.2) is 41.9 Å². The van der Waals surface area contributed by atoms with Crippen LogP contribution < -0.4 is 0 Å². The number of carbonyl (C=O) groups excluding carboxylic acids is 1. The molecule has 4 rings (SSSR count). The molecule has 0 radical (unpaired) electrons. The minimum atomic E-state index is 0.228. The second kappa shape index (κ2) is 10.6. The molecule has 166 valence electrons. The maximum atomic E-state index is 12.8. The monoisotopic (exact) mass is 426 g/mol. The zero-order valence-corrected chi connectivity index (χ0v) is 19.3. The fraction of sp³-hybridized carbons (Fsp3) is 0.345. The zero-order valence-electron chi connectivity index (χ0n) is 19.3. The van der Waals surface area contributed by atoms with Crippen molar-refractivity contribution < 1.29 is 4.79 Å². The smallest absolute Gasteiger partial charge is 0.222 e. The second-order valence-corrected chi connectivity index (χ2v) is 8.93.